The molecule has 7 heteroatoms. The van der Waals surface area contributed by atoms with Gasteiger partial charge in [-0.3, -0.25) is 0 Å². The van der Waals surface area contributed by atoms with Crippen molar-refractivity contribution >= 4 is 23.1 Å². The average Bonchev–Trinajstić information content (AvgIpc) is 2.85. The molecule has 1 unspecified atom stereocenters. The molecule has 3 heterocycles. The molecule has 0 bridgehead atoms. The Bertz CT molecular complexity index is 843. The lowest BCUT2D eigenvalue weighted by atomic mass is 10.1. The normalized spacial score (nSPS) is 18.0. The molecule has 0 saturated carbocycles. The molecular weight excluding hydrogens is 319 g/mol. The Morgan fingerprint density at radius 1 is 1.16 bits per heavy atom. The fourth-order valence-corrected chi connectivity index (χ4v) is 3.08. The zero-order valence-electron chi connectivity index (χ0n) is 13.9. The van der Waals surface area contributed by atoms with Crippen molar-refractivity contribution in [3.05, 3.63) is 48.3 Å². The van der Waals surface area contributed by atoms with Crippen molar-refractivity contribution in [1.82, 2.24) is 19.9 Å². The molecule has 0 radical (unpaired) electrons. The third kappa shape index (κ3) is 3.71. The Balaban J connectivity index is 0.00000196. The van der Waals surface area contributed by atoms with E-state index in [1.165, 1.54) is 25.0 Å². The van der Waals surface area contributed by atoms with E-state index in [2.05, 4.69) is 26.0 Å². The fraction of sp³-hybridized carbons (Fsp3) is 0.333. The first kappa shape index (κ1) is 15.8. The SMILES string of the molecule is Fc1ccc(Nc2nc3cccc(NC4CCCCNC4)n3n2)cc1.[HH]. The minimum absolute atomic E-state index is 0. The lowest BCUT2D eigenvalue weighted by Crippen LogP contribution is -2.31. The van der Waals surface area contributed by atoms with Crippen LogP contribution in [0, 0.1) is 5.82 Å². The lowest BCUT2D eigenvalue weighted by Gasteiger charge is -2.18. The summed E-state index contributed by atoms with van der Waals surface area (Å²) < 4.78 is 14.8. The average molecular weight is 342 g/mol. The van der Waals surface area contributed by atoms with E-state index in [0.717, 1.165) is 36.7 Å². The highest BCUT2D eigenvalue weighted by Gasteiger charge is 2.14. The summed E-state index contributed by atoms with van der Waals surface area (Å²) >= 11 is 0. The quantitative estimate of drug-likeness (QED) is 0.678. The standard InChI is InChI=1S/C18H21FN6.H2/c19-13-7-9-14(10-8-13)22-18-23-17-6-3-5-16(25(17)24-18)21-15-4-1-2-11-20-12-15;/h3,5-10,15,20-21H,1-2,4,11-12H2,(H,22,24);1H. The number of hydrogen-bond donors (Lipinski definition) is 3. The molecule has 3 aromatic rings. The van der Waals surface area contributed by atoms with Crippen LogP contribution in [-0.2, 0) is 0 Å². The molecule has 132 valence electrons. The van der Waals surface area contributed by atoms with Gasteiger partial charge >= 0.3 is 0 Å². The number of nitrogens with zero attached hydrogens (tertiary/aromatic N) is 3. The van der Waals surface area contributed by atoms with Crippen LogP contribution < -0.4 is 16.0 Å². The molecule has 1 atom stereocenters. The van der Waals surface area contributed by atoms with Crippen LogP contribution in [0.3, 0.4) is 0 Å². The van der Waals surface area contributed by atoms with E-state index in [0.29, 0.717) is 12.0 Å². The molecule has 0 amide bonds. The molecule has 2 aromatic heterocycles. The summed E-state index contributed by atoms with van der Waals surface area (Å²) in [6, 6.07) is 12.4. The lowest BCUT2D eigenvalue weighted by molar-refractivity contribution is 0.628. The van der Waals surface area contributed by atoms with Crippen molar-refractivity contribution in [2.75, 3.05) is 23.7 Å². The van der Waals surface area contributed by atoms with Crippen LogP contribution in [0.15, 0.2) is 42.5 Å². The van der Waals surface area contributed by atoms with E-state index in [9.17, 15) is 4.39 Å². The van der Waals surface area contributed by atoms with E-state index in [1.54, 1.807) is 16.6 Å². The van der Waals surface area contributed by atoms with Crippen molar-refractivity contribution in [2.45, 2.75) is 25.3 Å². The van der Waals surface area contributed by atoms with Crippen molar-refractivity contribution in [3.63, 3.8) is 0 Å². The molecule has 25 heavy (non-hydrogen) atoms. The Morgan fingerprint density at radius 2 is 2.04 bits per heavy atom. The Morgan fingerprint density at radius 3 is 2.92 bits per heavy atom. The summed E-state index contributed by atoms with van der Waals surface area (Å²) in [6.45, 7) is 2.03. The predicted octanol–water partition coefficient (Wildman–Crippen LogP) is 3.41. The molecule has 1 fully saturated rings. The van der Waals surface area contributed by atoms with Crippen LogP contribution in [0.5, 0.6) is 0 Å². The minimum atomic E-state index is -0.267. The van der Waals surface area contributed by atoms with Gasteiger partial charge in [0.15, 0.2) is 5.65 Å². The number of hydrogen-bond acceptors (Lipinski definition) is 5. The summed E-state index contributed by atoms with van der Waals surface area (Å²) in [5.74, 6) is 1.14. The van der Waals surface area contributed by atoms with Gasteiger partial charge in [-0.15, -0.1) is 5.10 Å². The number of aromatic nitrogens is 3. The molecule has 3 N–H and O–H groups in total. The number of halogens is 1. The van der Waals surface area contributed by atoms with Crippen LogP contribution in [0.2, 0.25) is 0 Å². The summed E-state index contributed by atoms with van der Waals surface area (Å²) in [5, 5.41) is 14.7. The summed E-state index contributed by atoms with van der Waals surface area (Å²) in [7, 11) is 0. The summed E-state index contributed by atoms with van der Waals surface area (Å²) in [6.07, 6.45) is 3.57. The predicted molar refractivity (Wildman–Crippen MR) is 98.9 cm³/mol. The molecule has 1 aliphatic rings. The topological polar surface area (TPSA) is 66.3 Å². The maximum Gasteiger partial charge on any atom is 0.247 e. The maximum absolute atomic E-state index is 13.0. The first-order valence-corrected chi connectivity index (χ1v) is 8.63. The molecule has 0 spiro atoms. The number of benzene rings is 1. The highest BCUT2D eigenvalue weighted by molar-refractivity contribution is 5.58. The molecule has 1 saturated heterocycles. The largest absolute Gasteiger partial charge is 0.366 e. The van der Waals surface area contributed by atoms with Gasteiger partial charge in [-0.1, -0.05) is 12.5 Å². The Kier molecular flexibility index (Phi) is 4.47. The third-order valence-electron chi connectivity index (χ3n) is 4.36. The highest BCUT2D eigenvalue weighted by atomic mass is 19.1. The van der Waals surface area contributed by atoms with Gasteiger partial charge in [0.2, 0.25) is 5.95 Å². The molecule has 4 rings (SSSR count). The first-order chi connectivity index (χ1) is 12.3. The van der Waals surface area contributed by atoms with Gasteiger partial charge in [-0.05, 0) is 55.8 Å². The second kappa shape index (κ2) is 7.06. The Labute approximate surface area is 146 Å². The molecule has 0 aliphatic carbocycles. The van der Waals surface area contributed by atoms with Gasteiger partial charge in [-0.2, -0.15) is 9.50 Å². The van der Waals surface area contributed by atoms with Crippen LogP contribution >= 0.6 is 0 Å². The number of pyridine rings is 1. The second-order valence-corrected chi connectivity index (χ2v) is 6.29. The third-order valence-corrected chi connectivity index (χ3v) is 4.36. The zero-order chi connectivity index (χ0) is 17.1. The van der Waals surface area contributed by atoms with Crippen molar-refractivity contribution < 1.29 is 5.82 Å². The zero-order valence-corrected chi connectivity index (χ0v) is 13.9. The second-order valence-electron chi connectivity index (χ2n) is 6.29. The molecule has 6 nitrogen and oxygen atoms in total. The molecular formula is C18H23FN6. The number of fused-ring (bicyclic) bond motifs is 1. The van der Waals surface area contributed by atoms with Crippen molar-refractivity contribution in [3.8, 4) is 0 Å². The Hall–Kier alpha value is -2.67. The van der Waals surface area contributed by atoms with Crippen molar-refractivity contribution in [2.24, 2.45) is 0 Å². The van der Waals surface area contributed by atoms with Crippen molar-refractivity contribution in [1.29, 1.82) is 0 Å². The minimum Gasteiger partial charge on any atom is -0.366 e. The van der Waals surface area contributed by atoms with Gasteiger partial charge in [0, 0.05) is 19.7 Å². The van der Waals surface area contributed by atoms with Gasteiger partial charge in [0.25, 0.3) is 0 Å². The fourth-order valence-electron chi connectivity index (χ4n) is 3.08. The summed E-state index contributed by atoms with van der Waals surface area (Å²) in [4.78, 5) is 4.49. The number of nitrogens with one attached hydrogen (secondary N) is 3. The highest BCUT2D eigenvalue weighted by Crippen LogP contribution is 2.18. The number of anilines is 3. The van der Waals surface area contributed by atoms with Gasteiger partial charge in [-0.25, -0.2) is 4.39 Å². The molecule has 1 aliphatic heterocycles. The maximum atomic E-state index is 13.0. The van der Waals surface area contributed by atoms with E-state index in [4.69, 9.17) is 0 Å². The first-order valence-electron chi connectivity index (χ1n) is 8.63. The van der Waals surface area contributed by atoms with Gasteiger partial charge in [0.05, 0.1) is 0 Å². The van der Waals surface area contributed by atoms with E-state index in [-0.39, 0.29) is 7.24 Å². The van der Waals surface area contributed by atoms with Gasteiger partial charge in [0.1, 0.15) is 11.6 Å². The summed E-state index contributed by atoms with van der Waals surface area (Å²) in [5.41, 5.74) is 1.51. The van der Waals surface area contributed by atoms with Crippen LogP contribution in [0.4, 0.5) is 21.8 Å². The monoisotopic (exact) mass is 342 g/mol. The van der Waals surface area contributed by atoms with Gasteiger partial charge < -0.3 is 16.0 Å². The van der Waals surface area contributed by atoms with E-state index >= 15 is 0 Å². The van der Waals surface area contributed by atoms with E-state index < -0.39 is 0 Å². The molecule has 1 aromatic carbocycles. The van der Waals surface area contributed by atoms with Crippen LogP contribution in [-0.4, -0.2) is 33.7 Å². The smallest absolute Gasteiger partial charge is 0.247 e. The number of rotatable bonds is 4. The van der Waals surface area contributed by atoms with Crippen LogP contribution in [0.1, 0.15) is 20.7 Å². The van der Waals surface area contributed by atoms with E-state index in [1.807, 2.05) is 18.2 Å². The van der Waals surface area contributed by atoms with Crippen LogP contribution in [0.25, 0.3) is 5.65 Å².